The number of carbonyl (C=O) groups excluding carboxylic acids is 1. The zero-order chi connectivity index (χ0) is 23.4. The van der Waals surface area contributed by atoms with E-state index in [2.05, 4.69) is 0 Å². The lowest BCUT2D eigenvalue weighted by atomic mass is 9.79. The molecule has 0 radical (unpaired) electrons. The summed E-state index contributed by atoms with van der Waals surface area (Å²) >= 11 is 0. The first-order valence-electron chi connectivity index (χ1n) is 11.6. The van der Waals surface area contributed by atoms with Gasteiger partial charge in [0.1, 0.15) is 12.7 Å². The van der Waals surface area contributed by atoms with Crippen molar-refractivity contribution in [3.63, 3.8) is 0 Å². The average molecular weight is 461 g/mol. The lowest BCUT2D eigenvalue weighted by Crippen LogP contribution is -2.56. The molecule has 3 aromatic rings. The minimum atomic E-state index is -1.35. The number of hydrogen-bond donors (Lipinski definition) is 1. The molecule has 0 aromatic heterocycles. The smallest absolute Gasteiger partial charge is 0.338 e. The summed E-state index contributed by atoms with van der Waals surface area (Å²) in [6.07, 6.45) is -2.28. The summed E-state index contributed by atoms with van der Waals surface area (Å²) < 4.78 is 24.2. The van der Waals surface area contributed by atoms with Gasteiger partial charge in [0.05, 0.1) is 18.8 Å². The molecular weight excluding hydrogens is 432 g/mol. The highest BCUT2D eigenvalue weighted by Crippen LogP contribution is 2.44. The number of aliphatic hydroxyl groups excluding tert-OH is 1. The SMILES string of the molecule is O=C(OCc1ccccc1)[C@@]1(OCc2ccccc2)C[C@@H](O)[C@@H]2OC(c3ccccc3)O[C@@H]2C1. The summed E-state index contributed by atoms with van der Waals surface area (Å²) in [5, 5.41) is 11.0. The maximum absolute atomic E-state index is 13.4. The van der Waals surface area contributed by atoms with Gasteiger partial charge in [0, 0.05) is 18.4 Å². The highest BCUT2D eigenvalue weighted by molar-refractivity contribution is 5.80. The Balaban J connectivity index is 1.36. The van der Waals surface area contributed by atoms with Crippen molar-refractivity contribution < 1.29 is 28.8 Å². The normalized spacial score (nSPS) is 28.3. The monoisotopic (exact) mass is 460 g/mol. The van der Waals surface area contributed by atoms with Crippen molar-refractivity contribution in [2.45, 2.75) is 56.3 Å². The van der Waals surface area contributed by atoms with Gasteiger partial charge in [-0.25, -0.2) is 4.79 Å². The molecule has 1 aliphatic heterocycles. The van der Waals surface area contributed by atoms with Crippen molar-refractivity contribution in [3.8, 4) is 0 Å². The van der Waals surface area contributed by atoms with Crippen LogP contribution in [0.3, 0.4) is 0 Å². The van der Waals surface area contributed by atoms with Gasteiger partial charge >= 0.3 is 5.97 Å². The molecule has 6 nitrogen and oxygen atoms in total. The summed E-state index contributed by atoms with van der Waals surface area (Å²) in [4.78, 5) is 13.4. The van der Waals surface area contributed by atoms with E-state index in [-0.39, 0.29) is 26.1 Å². The number of aliphatic hydroxyl groups is 1. The van der Waals surface area contributed by atoms with Crippen LogP contribution < -0.4 is 0 Å². The molecule has 2 aliphatic rings. The van der Waals surface area contributed by atoms with E-state index in [1.165, 1.54) is 0 Å². The predicted octanol–water partition coefficient (Wildman–Crippen LogP) is 4.32. The third-order valence-electron chi connectivity index (χ3n) is 6.41. The van der Waals surface area contributed by atoms with Crippen LogP contribution in [0.1, 0.15) is 35.8 Å². The Morgan fingerprint density at radius 2 is 1.41 bits per heavy atom. The number of hydrogen-bond acceptors (Lipinski definition) is 6. The molecule has 5 rings (SSSR count). The summed E-state index contributed by atoms with van der Waals surface area (Å²) in [7, 11) is 0. The number of benzene rings is 3. The van der Waals surface area contributed by atoms with Crippen molar-refractivity contribution in [3.05, 3.63) is 108 Å². The van der Waals surface area contributed by atoms with Crippen molar-refractivity contribution >= 4 is 5.97 Å². The zero-order valence-corrected chi connectivity index (χ0v) is 18.8. The van der Waals surface area contributed by atoms with Gasteiger partial charge in [-0.1, -0.05) is 91.0 Å². The molecule has 1 unspecified atom stereocenters. The largest absolute Gasteiger partial charge is 0.459 e. The second-order valence-corrected chi connectivity index (χ2v) is 8.82. The minimum Gasteiger partial charge on any atom is -0.459 e. The van der Waals surface area contributed by atoms with Crippen LogP contribution in [-0.4, -0.2) is 35.0 Å². The van der Waals surface area contributed by atoms with Crippen LogP contribution >= 0.6 is 0 Å². The maximum Gasteiger partial charge on any atom is 0.338 e. The first-order chi connectivity index (χ1) is 16.6. The number of esters is 1. The van der Waals surface area contributed by atoms with Crippen molar-refractivity contribution in [2.75, 3.05) is 0 Å². The van der Waals surface area contributed by atoms with Crippen LogP contribution in [0.5, 0.6) is 0 Å². The number of carbonyl (C=O) groups is 1. The molecule has 1 heterocycles. The van der Waals surface area contributed by atoms with E-state index in [4.69, 9.17) is 18.9 Å². The second-order valence-electron chi connectivity index (χ2n) is 8.82. The molecule has 5 atom stereocenters. The van der Waals surface area contributed by atoms with Crippen molar-refractivity contribution in [1.29, 1.82) is 0 Å². The third kappa shape index (κ3) is 4.91. The molecule has 176 valence electrons. The molecule has 0 bridgehead atoms. The predicted molar refractivity (Wildman–Crippen MR) is 124 cm³/mol. The van der Waals surface area contributed by atoms with E-state index < -0.39 is 36.2 Å². The molecule has 0 spiro atoms. The summed E-state index contributed by atoms with van der Waals surface area (Å²) in [6.45, 7) is 0.346. The van der Waals surface area contributed by atoms with E-state index in [1.54, 1.807) is 0 Å². The molecule has 1 N–H and O–H groups in total. The standard InChI is InChI=1S/C28H28O6/c29-23-16-28(32-19-21-12-6-2-7-13-21,27(30)31-18-20-10-4-1-5-11-20)17-24-25(23)34-26(33-24)22-14-8-3-9-15-22/h1-15,23-26,29H,16-19H2/t23-,24-,25+,26?,28-/m1/s1. The first kappa shape index (κ1) is 22.7. The van der Waals surface area contributed by atoms with Gasteiger partial charge in [-0.05, 0) is 11.1 Å². The van der Waals surface area contributed by atoms with Crippen LogP contribution in [-0.2, 0) is 37.0 Å². The third-order valence-corrected chi connectivity index (χ3v) is 6.41. The fourth-order valence-electron chi connectivity index (χ4n) is 4.62. The highest BCUT2D eigenvalue weighted by Gasteiger charge is 2.56. The van der Waals surface area contributed by atoms with E-state index in [9.17, 15) is 9.90 Å². The van der Waals surface area contributed by atoms with Crippen LogP contribution in [0, 0.1) is 0 Å². The molecule has 0 amide bonds. The fraction of sp³-hybridized carbons (Fsp3) is 0.321. The average Bonchev–Trinajstić information content (AvgIpc) is 3.32. The molecular formula is C28H28O6. The van der Waals surface area contributed by atoms with E-state index >= 15 is 0 Å². The summed E-state index contributed by atoms with van der Waals surface area (Å²) in [5.41, 5.74) is 1.33. The van der Waals surface area contributed by atoms with Crippen LogP contribution in [0.4, 0.5) is 0 Å². The van der Waals surface area contributed by atoms with Gasteiger partial charge in [-0.15, -0.1) is 0 Å². The Hall–Kier alpha value is -3.03. The quantitative estimate of drug-likeness (QED) is 0.530. The van der Waals surface area contributed by atoms with Crippen LogP contribution in [0.15, 0.2) is 91.0 Å². The fourth-order valence-corrected chi connectivity index (χ4v) is 4.62. The molecule has 1 saturated carbocycles. The Bertz CT molecular complexity index is 1070. The van der Waals surface area contributed by atoms with Gasteiger partial charge in [0.15, 0.2) is 11.9 Å². The number of ether oxygens (including phenoxy) is 4. The summed E-state index contributed by atoms with van der Waals surface area (Å²) in [5.74, 6) is -0.503. The lowest BCUT2D eigenvalue weighted by molar-refractivity contribution is -0.197. The first-order valence-corrected chi connectivity index (χ1v) is 11.6. The van der Waals surface area contributed by atoms with Crippen LogP contribution in [0.25, 0.3) is 0 Å². The van der Waals surface area contributed by atoms with Gasteiger partial charge in [-0.3, -0.25) is 0 Å². The van der Waals surface area contributed by atoms with Gasteiger partial charge in [0.25, 0.3) is 0 Å². The molecule has 1 saturated heterocycles. The minimum absolute atomic E-state index is 0.0689. The molecule has 3 aromatic carbocycles. The number of rotatable bonds is 7. The molecule has 2 fully saturated rings. The van der Waals surface area contributed by atoms with Crippen molar-refractivity contribution in [2.24, 2.45) is 0 Å². The molecule has 6 heteroatoms. The zero-order valence-electron chi connectivity index (χ0n) is 18.8. The van der Waals surface area contributed by atoms with Gasteiger partial charge in [-0.2, -0.15) is 0 Å². The van der Waals surface area contributed by atoms with E-state index in [0.717, 1.165) is 16.7 Å². The van der Waals surface area contributed by atoms with Gasteiger partial charge in [0.2, 0.25) is 0 Å². The topological polar surface area (TPSA) is 74.2 Å². The highest BCUT2D eigenvalue weighted by atomic mass is 16.7. The van der Waals surface area contributed by atoms with Crippen LogP contribution in [0.2, 0.25) is 0 Å². The van der Waals surface area contributed by atoms with E-state index in [0.29, 0.717) is 0 Å². The maximum atomic E-state index is 13.4. The Morgan fingerprint density at radius 1 is 0.824 bits per heavy atom. The second kappa shape index (κ2) is 10.1. The number of fused-ring (bicyclic) bond motifs is 1. The Kier molecular flexibility index (Phi) is 6.74. The molecule has 1 aliphatic carbocycles. The van der Waals surface area contributed by atoms with E-state index in [1.807, 2.05) is 91.0 Å². The summed E-state index contributed by atoms with van der Waals surface area (Å²) in [6, 6.07) is 28.7. The van der Waals surface area contributed by atoms with Crippen molar-refractivity contribution in [1.82, 2.24) is 0 Å². The Morgan fingerprint density at radius 3 is 2.06 bits per heavy atom. The Labute approximate surface area is 199 Å². The lowest BCUT2D eigenvalue weighted by Gasteiger charge is -2.41. The molecule has 34 heavy (non-hydrogen) atoms. The van der Waals surface area contributed by atoms with Gasteiger partial charge < -0.3 is 24.1 Å².